The van der Waals surface area contributed by atoms with E-state index < -0.39 is 6.04 Å². The Morgan fingerprint density at radius 1 is 1.29 bits per heavy atom. The van der Waals surface area contributed by atoms with E-state index in [1.807, 2.05) is 19.0 Å². The summed E-state index contributed by atoms with van der Waals surface area (Å²) in [5, 5.41) is 9.41. The first kappa shape index (κ1) is 28.1. The highest BCUT2D eigenvalue weighted by Gasteiger charge is 2.26. The molecule has 0 radical (unpaired) electrons. The van der Waals surface area contributed by atoms with Crippen LogP contribution in [0.25, 0.3) is 0 Å². The molecule has 35 heavy (non-hydrogen) atoms. The van der Waals surface area contributed by atoms with Crippen LogP contribution in [-0.2, 0) is 9.59 Å². The number of aromatic nitrogens is 2. The van der Waals surface area contributed by atoms with Gasteiger partial charge in [0.25, 0.3) is 0 Å². The number of nitrogens with one attached hydrogen (secondary N) is 3. The quantitative estimate of drug-likeness (QED) is 0.347. The minimum atomic E-state index is -0.548. The fourth-order valence-corrected chi connectivity index (χ4v) is 3.77. The maximum absolute atomic E-state index is 12.8. The number of rotatable bonds is 10. The molecule has 3 N–H and O–H groups in total. The van der Waals surface area contributed by atoms with E-state index in [1.165, 1.54) is 11.0 Å². The van der Waals surface area contributed by atoms with Crippen molar-refractivity contribution < 1.29 is 9.59 Å². The highest BCUT2D eigenvalue weighted by molar-refractivity contribution is 5.92. The molecule has 192 valence electrons. The second-order valence-electron chi connectivity index (χ2n) is 9.26. The summed E-state index contributed by atoms with van der Waals surface area (Å²) in [6.45, 7) is 5.34. The number of hydrogen-bond acceptors (Lipinski definition) is 7. The van der Waals surface area contributed by atoms with Crippen LogP contribution in [-0.4, -0.2) is 84.9 Å². The highest BCUT2D eigenvalue weighted by atomic mass is 16.2. The molecule has 1 heterocycles. The fourth-order valence-electron chi connectivity index (χ4n) is 3.77. The molecule has 0 unspecified atom stereocenters. The number of nitrogens with zero attached hydrogens (tertiary/aromatic N) is 4. The van der Waals surface area contributed by atoms with Gasteiger partial charge in [0, 0.05) is 45.2 Å². The molecule has 1 aliphatic rings. The summed E-state index contributed by atoms with van der Waals surface area (Å²) in [7, 11) is 7.32. The van der Waals surface area contributed by atoms with Gasteiger partial charge in [-0.15, -0.1) is 0 Å². The summed E-state index contributed by atoms with van der Waals surface area (Å²) >= 11 is 0. The average Bonchev–Trinajstić information content (AvgIpc) is 2.85. The molecule has 1 aromatic heterocycles. The predicted octanol–water partition coefficient (Wildman–Crippen LogP) is 2.33. The molecular formula is C26H41N7O2. The van der Waals surface area contributed by atoms with Crippen LogP contribution in [0.3, 0.4) is 0 Å². The molecule has 0 saturated heterocycles. The Hall–Kier alpha value is -3.12. The molecule has 0 aliphatic heterocycles. The molecule has 0 spiro atoms. The summed E-state index contributed by atoms with van der Waals surface area (Å²) < 4.78 is 0. The van der Waals surface area contributed by atoms with E-state index in [-0.39, 0.29) is 23.8 Å². The molecular weight excluding hydrogens is 442 g/mol. The van der Waals surface area contributed by atoms with Crippen molar-refractivity contribution in [2.45, 2.75) is 58.0 Å². The molecule has 2 amide bonds. The van der Waals surface area contributed by atoms with Crippen LogP contribution in [0.1, 0.15) is 51.5 Å². The largest absolute Gasteiger partial charge is 0.369 e. The molecule has 0 bridgehead atoms. The van der Waals surface area contributed by atoms with Gasteiger partial charge in [-0.3, -0.25) is 9.59 Å². The summed E-state index contributed by atoms with van der Waals surface area (Å²) in [5.41, 5.74) is 0.777. The van der Waals surface area contributed by atoms with Crippen LogP contribution < -0.4 is 16.0 Å². The van der Waals surface area contributed by atoms with E-state index >= 15 is 0 Å². The second kappa shape index (κ2) is 14.3. The van der Waals surface area contributed by atoms with Crippen LogP contribution >= 0.6 is 0 Å². The molecule has 1 aliphatic carbocycles. The van der Waals surface area contributed by atoms with Gasteiger partial charge in [-0.2, -0.15) is 4.98 Å². The van der Waals surface area contributed by atoms with E-state index in [0.29, 0.717) is 12.5 Å². The van der Waals surface area contributed by atoms with Gasteiger partial charge in [0.15, 0.2) is 0 Å². The Kier molecular flexibility index (Phi) is 11.5. The van der Waals surface area contributed by atoms with Crippen molar-refractivity contribution in [1.29, 1.82) is 0 Å². The predicted molar refractivity (Wildman–Crippen MR) is 141 cm³/mol. The van der Waals surface area contributed by atoms with Gasteiger partial charge in [0.2, 0.25) is 17.8 Å². The molecule has 3 atom stereocenters. The van der Waals surface area contributed by atoms with Gasteiger partial charge < -0.3 is 25.8 Å². The Morgan fingerprint density at radius 3 is 2.74 bits per heavy atom. The first-order chi connectivity index (χ1) is 16.7. The first-order valence-electron chi connectivity index (χ1n) is 12.4. The minimum absolute atomic E-state index is 0.0476. The number of amides is 2. The minimum Gasteiger partial charge on any atom is -0.369 e. The Bertz CT molecular complexity index is 935. The second-order valence-corrected chi connectivity index (χ2v) is 9.26. The Balaban J connectivity index is 1.97. The van der Waals surface area contributed by atoms with Gasteiger partial charge in [0.05, 0.1) is 11.8 Å². The molecule has 9 heteroatoms. The number of hydrogen-bond donors (Lipinski definition) is 3. The molecule has 1 aromatic rings. The van der Waals surface area contributed by atoms with Crippen molar-refractivity contribution in [3.05, 3.63) is 23.9 Å². The van der Waals surface area contributed by atoms with E-state index in [1.54, 1.807) is 33.3 Å². The number of likely N-dealkylation sites (N-methyl/N-ethyl adjacent to an activating group) is 2. The Labute approximate surface area is 210 Å². The third-order valence-electron chi connectivity index (χ3n) is 6.03. The van der Waals surface area contributed by atoms with Crippen LogP contribution in [0, 0.1) is 17.8 Å². The third kappa shape index (κ3) is 9.21. The maximum Gasteiger partial charge on any atom is 0.246 e. The van der Waals surface area contributed by atoms with Crippen molar-refractivity contribution >= 4 is 23.6 Å². The lowest BCUT2D eigenvalue weighted by Gasteiger charge is -2.30. The standard InChI is InChI=1S/C26H41N7O2/c1-7-15-28-24-21(18-29-26(27-3)31-24)14-13-20-10-8-11-22(17-20)30-25(35)19(2)33(6)23(34)12-9-16-32(4)5/h9,12,18-20,22H,7-8,10-11,15-17H2,1-6H3,(H,30,35)(H2,27,28,29,31)/b12-9+/t19-,20-,22-/m0/s1. The summed E-state index contributed by atoms with van der Waals surface area (Å²) in [6.07, 6.45) is 9.75. The lowest BCUT2D eigenvalue weighted by molar-refractivity contribution is -0.135. The summed E-state index contributed by atoms with van der Waals surface area (Å²) in [5.74, 6) is 7.79. The van der Waals surface area contributed by atoms with Crippen LogP contribution in [0.15, 0.2) is 18.3 Å². The smallest absolute Gasteiger partial charge is 0.246 e. The topological polar surface area (TPSA) is 102 Å². The molecule has 9 nitrogen and oxygen atoms in total. The number of carbonyl (C=O) groups is 2. The zero-order valence-electron chi connectivity index (χ0n) is 22.0. The maximum atomic E-state index is 12.8. The van der Waals surface area contributed by atoms with Crippen molar-refractivity contribution in [3.8, 4) is 11.8 Å². The lowest BCUT2D eigenvalue weighted by Crippen LogP contribution is -2.49. The highest BCUT2D eigenvalue weighted by Crippen LogP contribution is 2.24. The third-order valence-corrected chi connectivity index (χ3v) is 6.03. The average molecular weight is 484 g/mol. The van der Waals surface area contributed by atoms with E-state index in [9.17, 15) is 9.59 Å². The van der Waals surface area contributed by atoms with Gasteiger partial charge in [-0.05, 0) is 46.7 Å². The lowest BCUT2D eigenvalue weighted by atomic mass is 9.86. The zero-order valence-corrected chi connectivity index (χ0v) is 22.0. The fraction of sp³-hybridized carbons (Fsp3) is 0.615. The molecule has 0 aromatic carbocycles. The Morgan fingerprint density at radius 2 is 2.06 bits per heavy atom. The summed E-state index contributed by atoms with van der Waals surface area (Å²) in [4.78, 5) is 37.4. The van der Waals surface area contributed by atoms with E-state index in [2.05, 4.69) is 44.7 Å². The van der Waals surface area contributed by atoms with Gasteiger partial charge in [0.1, 0.15) is 11.9 Å². The van der Waals surface area contributed by atoms with Crippen LogP contribution in [0.5, 0.6) is 0 Å². The van der Waals surface area contributed by atoms with Crippen molar-refractivity contribution in [2.24, 2.45) is 5.92 Å². The van der Waals surface area contributed by atoms with E-state index in [0.717, 1.165) is 50.0 Å². The van der Waals surface area contributed by atoms with Gasteiger partial charge in [-0.25, -0.2) is 4.98 Å². The van der Waals surface area contributed by atoms with E-state index in [4.69, 9.17) is 0 Å². The van der Waals surface area contributed by atoms with Gasteiger partial charge >= 0.3 is 0 Å². The summed E-state index contributed by atoms with van der Waals surface area (Å²) in [6, 6.07) is -0.501. The van der Waals surface area contributed by atoms with Crippen LogP contribution in [0.2, 0.25) is 0 Å². The van der Waals surface area contributed by atoms with Crippen molar-refractivity contribution in [1.82, 2.24) is 25.1 Å². The number of anilines is 2. The SMILES string of the molecule is CCCNc1nc(NC)ncc1C#C[C@@H]1CCC[C@H](NC(=O)[C@H](C)N(C)C(=O)/C=C/CN(C)C)C1. The molecule has 1 saturated carbocycles. The zero-order chi connectivity index (χ0) is 25.8. The van der Waals surface area contributed by atoms with Gasteiger partial charge in [-0.1, -0.05) is 31.3 Å². The molecule has 1 fully saturated rings. The molecule has 2 rings (SSSR count). The monoisotopic (exact) mass is 483 g/mol. The van der Waals surface area contributed by atoms with Crippen LogP contribution in [0.4, 0.5) is 11.8 Å². The normalized spacial score (nSPS) is 18.5. The van der Waals surface area contributed by atoms with Crippen molar-refractivity contribution in [2.75, 3.05) is 51.9 Å². The first-order valence-corrected chi connectivity index (χ1v) is 12.4. The number of carbonyl (C=O) groups excluding carboxylic acids is 2. The van der Waals surface area contributed by atoms with Crippen molar-refractivity contribution in [3.63, 3.8) is 0 Å².